The van der Waals surface area contributed by atoms with E-state index in [0.717, 1.165) is 10.8 Å². The van der Waals surface area contributed by atoms with E-state index in [2.05, 4.69) is 4.98 Å². The van der Waals surface area contributed by atoms with Gasteiger partial charge in [0.15, 0.2) is 11.6 Å². The van der Waals surface area contributed by atoms with Gasteiger partial charge >= 0.3 is 5.69 Å². The third-order valence-corrected chi connectivity index (χ3v) is 3.50. The first-order chi connectivity index (χ1) is 8.51. The van der Waals surface area contributed by atoms with E-state index in [1.54, 1.807) is 0 Å². The minimum Gasteiger partial charge on any atom is -0.393 e. The highest BCUT2D eigenvalue weighted by Crippen LogP contribution is 2.36. The van der Waals surface area contributed by atoms with Gasteiger partial charge in [0.2, 0.25) is 0 Å². The van der Waals surface area contributed by atoms with Gasteiger partial charge in [-0.2, -0.15) is 4.98 Å². The van der Waals surface area contributed by atoms with E-state index < -0.39 is 29.2 Å². The fourth-order valence-electron chi connectivity index (χ4n) is 1.91. The number of alkyl halides is 1. The Morgan fingerprint density at radius 3 is 3.06 bits per heavy atom. The molecular formula is C10H13ClFN3O3. The zero-order valence-electron chi connectivity index (χ0n) is 9.47. The molecule has 6 nitrogen and oxygen atoms in total. The molecule has 1 aliphatic rings. The summed E-state index contributed by atoms with van der Waals surface area (Å²) in [6.45, 7) is -0.257. The van der Waals surface area contributed by atoms with Crippen LogP contribution < -0.4 is 11.4 Å². The molecule has 100 valence electrons. The van der Waals surface area contributed by atoms with Gasteiger partial charge in [-0.1, -0.05) is 0 Å². The lowest BCUT2D eigenvalue weighted by Gasteiger charge is -2.24. The maximum atomic E-state index is 13.3. The number of nitrogens with two attached hydrogens (primary N) is 1. The zero-order chi connectivity index (χ0) is 13.3. The minimum absolute atomic E-state index is 0.0969. The maximum Gasteiger partial charge on any atom is 0.351 e. The van der Waals surface area contributed by atoms with Crippen LogP contribution in [0.15, 0.2) is 11.0 Å². The Balaban J connectivity index is 2.30. The number of hydrogen-bond acceptors (Lipinski definition) is 5. The van der Waals surface area contributed by atoms with Crippen molar-refractivity contribution < 1.29 is 14.2 Å². The highest BCUT2D eigenvalue weighted by molar-refractivity contribution is 6.18. The fraction of sp³-hybridized carbons (Fsp3) is 0.600. The second-order valence-electron chi connectivity index (χ2n) is 4.25. The lowest BCUT2D eigenvalue weighted by Crippen LogP contribution is -2.36. The van der Waals surface area contributed by atoms with Crippen molar-refractivity contribution in [3.8, 4) is 0 Å². The number of aliphatic hydroxyl groups excluding tert-OH is 1. The second kappa shape index (κ2) is 4.83. The Kier molecular flexibility index (Phi) is 3.56. The number of hydrogen-bond donors (Lipinski definition) is 2. The van der Waals surface area contributed by atoms with E-state index in [0.29, 0.717) is 12.8 Å². The Morgan fingerprint density at radius 2 is 2.50 bits per heavy atom. The van der Waals surface area contributed by atoms with Crippen molar-refractivity contribution in [3.63, 3.8) is 0 Å². The quantitative estimate of drug-likeness (QED) is 0.773. The maximum absolute atomic E-state index is 13.3. The number of rotatable bonds is 3. The van der Waals surface area contributed by atoms with Crippen LogP contribution in [0.25, 0.3) is 0 Å². The van der Waals surface area contributed by atoms with Crippen LogP contribution in [0.4, 0.5) is 10.2 Å². The first-order valence-corrected chi connectivity index (χ1v) is 5.93. The SMILES string of the molecule is Nc1nc(=O)n(C2CCC(CO)(CCl)O2)cc1F. The van der Waals surface area contributed by atoms with Crippen molar-refractivity contribution in [1.82, 2.24) is 9.55 Å². The van der Waals surface area contributed by atoms with Crippen molar-refractivity contribution in [3.05, 3.63) is 22.5 Å². The van der Waals surface area contributed by atoms with Crippen LogP contribution in [0, 0.1) is 5.82 Å². The van der Waals surface area contributed by atoms with Gasteiger partial charge in [-0.05, 0) is 12.8 Å². The topological polar surface area (TPSA) is 90.4 Å². The standard InChI is InChI=1S/C10H13ClFN3O3/c11-4-10(5-16)2-1-7(18-10)15-3-6(12)8(13)14-9(15)17/h3,7,16H,1-2,4-5H2,(H2,13,14,17). The van der Waals surface area contributed by atoms with Crippen molar-refractivity contribution in [1.29, 1.82) is 0 Å². The highest BCUT2D eigenvalue weighted by Gasteiger charge is 2.40. The number of ether oxygens (including phenoxy) is 1. The fourth-order valence-corrected chi connectivity index (χ4v) is 2.19. The summed E-state index contributed by atoms with van der Waals surface area (Å²) in [7, 11) is 0. The second-order valence-corrected chi connectivity index (χ2v) is 4.52. The van der Waals surface area contributed by atoms with E-state index >= 15 is 0 Å². The van der Waals surface area contributed by atoms with Crippen LogP contribution in [0.3, 0.4) is 0 Å². The average molecular weight is 278 g/mol. The number of anilines is 1. The van der Waals surface area contributed by atoms with E-state index in [1.165, 1.54) is 0 Å². The predicted octanol–water partition coefficient (Wildman–Crippen LogP) is 0.243. The molecule has 2 unspecified atom stereocenters. The van der Waals surface area contributed by atoms with Crippen molar-refractivity contribution in [2.75, 3.05) is 18.2 Å². The van der Waals surface area contributed by atoms with E-state index in [1.807, 2.05) is 0 Å². The molecule has 0 bridgehead atoms. The number of halogens is 2. The number of nitrogen functional groups attached to an aromatic ring is 1. The molecule has 2 heterocycles. The molecule has 1 aromatic heterocycles. The summed E-state index contributed by atoms with van der Waals surface area (Å²) in [5.41, 5.74) is 3.61. The summed E-state index contributed by atoms with van der Waals surface area (Å²) in [6.07, 6.45) is 1.19. The molecule has 0 amide bonds. The van der Waals surface area contributed by atoms with Crippen LogP contribution in [-0.2, 0) is 4.74 Å². The summed E-state index contributed by atoms with van der Waals surface area (Å²) >= 11 is 5.73. The lowest BCUT2D eigenvalue weighted by atomic mass is 10.0. The monoisotopic (exact) mass is 277 g/mol. The van der Waals surface area contributed by atoms with Crippen LogP contribution in [0.2, 0.25) is 0 Å². The van der Waals surface area contributed by atoms with Gasteiger partial charge in [-0.25, -0.2) is 9.18 Å². The van der Waals surface area contributed by atoms with Gasteiger partial charge in [0.05, 0.1) is 18.7 Å². The van der Waals surface area contributed by atoms with Crippen molar-refractivity contribution >= 4 is 17.4 Å². The molecule has 0 spiro atoms. The number of aromatic nitrogens is 2. The third-order valence-electron chi connectivity index (χ3n) is 3.01. The van der Waals surface area contributed by atoms with Crippen molar-refractivity contribution in [2.24, 2.45) is 0 Å². The van der Waals surface area contributed by atoms with E-state index in [4.69, 9.17) is 22.1 Å². The zero-order valence-corrected chi connectivity index (χ0v) is 10.2. The molecule has 2 rings (SSSR count). The smallest absolute Gasteiger partial charge is 0.351 e. The van der Waals surface area contributed by atoms with Crippen LogP contribution in [-0.4, -0.2) is 32.7 Å². The number of aliphatic hydroxyl groups is 1. The van der Waals surface area contributed by atoms with Crippen LogP contribution >= 0.6 is 11.6 Å². The molecule has 18 heavy (non-hydrogen) atoms. The summed E-state index contributed by atoms with van der Waals surface area (Å²) in [5.74, 6) is -1.13. The first kappa shape index (κ1) is 13.3. The van der Waals surface area contributed by atoms with Crippen molar-refractivity contribution in [2.45, 2.75) is 24.7 Å². The van der Waals surface area contributed by atoms with Gasteiger partial charge in [0.25, 0.3) is 0 Å². The molecule has 0 radical (unpaired) electrons. The third kappa shape index (κ3) is 2.21. The molecule has 1 aromatic rings. The highest BCUT2D eigenvalue weighted by atomic mass is 35.5. The molecule has 1 saturated heterocycles. The van der Waals surface area contributed by atoms with Gasteiger partial charge in [-0.3, -0.25) is 4.57 Å². The Labute approximate surface area is 107 Å². The normalized spacial score (nSPS) is 27.6. The van der Waals surface area contributed by atoms with Gasteiger partial charge < -0.3 is 15.6 Å². The largest absolute Gasteiger partial charge is 0.393 e. The summed E-state index contributed by atoms with van der Waals surface area (Å²) in [4.78, 5) is 14.9. The lowest BCUT2D eigenvalue weighted by molar-refractivity contribution is -0.0861. The Morgan fingerprint density at radius 1 is 1.78 bits per heavy atom. The van der Waals surface area contributed by atoms with E-state index in [-0.39, 0.29) is 12.5 Å². The molecule has 2 atom stereocenters. The molecule has 3 N–H and O–H groups in total. The first-order valence-electron chi connectivity index (χ1n) is 5.40. The van der Waals surface area contributed by atoms with Crippen LogP contribution in [0.1, 0.15) is 19.1 Å². The summed E-state index contributed by atoms with van der Waals surface area (Å²) in [6, 6.07) is 0. The van der Waals surface area contributed by atoms with Gasteiger partial charge in [-0.15, -0.1) is 11.6 Å². The van der Waals surface area contributed by atoms with Gasteiger partial charge in [0, 0.05) is 0 Å². The average Bonchev–Trinajstić information content (AvgIpc) is 2.79. The molecular weight excluding hydrogens is 265 g/mol. The predicted molar refractivity (Wildman–Crippen MR) is 62.8 cm³/mol. The van der Waals surface area contributed by atoms with E-state index in [9.17, 15) is 14.3 Å². The Hall–Kier alpha value is -1.18. The Bertz CT molecular complexity index is 504. The molecule has 1 aliphatic heterocycles. The summed E-state index contributed by atoms with van der Waals surface area (Å²) in [5, 5.41) is 9.24. The van der Waals surface area contributed by atoms with Gasteiger partial charge in [0.1, 0.15) is 11.8 Å². The molecule has 0 saturated carbocycles. The minimum atomic E-state index is -0.885. The summed E-state index contributed by atoms with van der Waals surface area (Å²) < 4.78 is 19.9. The van der Waals surface area contributed by atoms with Crippen LogP contribution in [0.5, 0.6) is 0 Å². The molecule has 0 aromatic carbocycles. The molecule has 1 fully saturated rings. The number of nitrogens with zero attached hydrogens (tertiary/aromatic N) is 2. The molecule has 8 heteroatoms. The molecule has 0 aliphatic carbocycles.